The Bertz CT molecular complexity index is 440. The SMILES string of the molecule is Cc1ccc(C(C)NCCNS(C)(=O)=O)cc1. The maximum absolute atomic E-state index is 10.8. The first-order valence-electron chi connectivity index (χ1n) is 5.63. The van der Waals surface area contributed by atoms with Crippen molar-refractivity contribution in [2.24, 2.45) is 0 Å². The van der Waals surface area contributed by atoms with E-state index < -0.39 is 10.0 Å². The Kier molecular flexibility index (Phi) is 5.11. The van der Waals surface area contributed by atoms with Crippen LogP contribution in [0.3, 0.4) is 0 Å². The fourth-order valence-electron chi connectivity index (χ4n) is 1.50. The van der Waals surface area contributed by atoms with Gasteiger partial charge in [0.2, 0.25) is 10.0 Å². The van der Waals surface area contributed by atoms with Crippen LogP contribution in [-0.2, 0) is 10.0 Å². The Morgan fingerprint density at radius 1 is 1.18 bits per heavy atom. The average Bonchev–Trinajstić information content (AvgIpc) is 2.24. The summed E-state index contributed by atoms with van der Waals surface area (Å²) in [5.74, 6) is 0. The van der Waals surface area contributed by atoms with Crippen LogP contribution >= 0.6 is 0 Å². The standard InChI is InChI=1S/C12H20N2O2S/c1-10-4-6-12(7-5-10)11(2)13-8-9-14-17(3,15)16/h4-7,11,13-14H,8-9H2,1-3H3. The molecule has 5 heteroatoms. The van der Waals surface area contributed by atoms with Crippen molar-refractivity contribution in [1.29, 1.82) is 0 Å². The number of aryl methyl sites for hydroxylation is 1. The third-order valence-electron chi connectivity index (χ3n) is 2.52. The van der Waals surface area contributed by atoms with Gasteiger partial charge in [-0.25, -0.2) is 13.1 Å². The zero-order chi connectivity index (χ0) is 12.9. The molecule has 0 heterocycles. The van der Waals surface area contributed by atoms with Gasteiger partial charge in [-0.3, -0.25) is 0 Å². The normalized spacial score (nSPS) is 13.6. The van der Waals surface area contributed by atoms with Gasteiger partial charge >= 0.3 is 0 Å². The van der Waals surface area contributed by atoms with Gasteiger partial charge in [0.15, 0.2) is 0 Å². The van der Waals surface area contributed by atoms with Crippen molar-refractivity contribution in [3.63, 3.8) is 0 Å². The predicted octanol–water partition coefficient (Wildman–Crippen LogP) is 1.19. The van der Waals surface area contributed by atoms with Gasteiger partial charge < -0.3 is 5.32 Å². The smallest absolute Gasteiger partial charge is 0.208 e. The molecule has 1 rings (SSSR count). The fourth-order valence-corrected chi connectivity index (χ4v) is 1.97. The van der Waals surface area contributed by atoms with Gasteiger partial charge in [0.25, 0.3) is 0 Å². The van der Waals surface area contributed by atoms with Crippen LogP contribution in [0.2, 0.25) is 0 Å². The number of sulfonamides is 1. The molecule has 0 saturated heterocycles. The molecule has 4 nitrogen and oxygen atoms in total. The largest absolute Gasteiger partial charge is 0.309 e. The van der Waals surface area contributed by atoms with E-state index in [4.69, 9.17) is 0 Å². The van der Waals surface area contributed by atoms with E-state index in [2.05, 4.69) is 48.2 Å². The molecule has 17 heavy (non-hydrogen) atoms. The maximum atomic E-state index is 10.8. The summed E-state index contributed by atoms with van der Waals surface area (Å²) in [6.45, 7) is 5.14. The summed E-state index contributed by atoms with van der Waals surface area (Å²) in [5, 5.41) is 3.26. The highest BCUT2D eigenvalue weighted by Gasteiger charge is 2.04. The van der Waals surface area contributed by atoms with Crippen LogP contribution < -0.4 is 10.0 Å². The molecule has 0 radical (unpaired) electrons. The van der Waals surface area contributed by atoms with Gasteiger partial charge in [0.1, 0.15) is 0 Å². The van der Waals surface area contributed by atoms with E-state index in [0.29, 0.717) is 13.1 Å². The molecule has 96 valence electrons. The molecule has 0 fully saturated rings. The molecule has 0 bridgehead atoms. The van der Waals surface area contributed by atoms with Gasteiger partial charge in [-0.2, -0.15) is 0 Å². The first kappa shape index (κ1) is 14.2. The average molecular weight is 256 g/mol. The number of nitrogens with one attached hydrogen (secondary N) is 2. The van der Waals surface area contributed by atoms with Crippen LogP contribution in [0.25, 0.3) is 0 Å². The van der Waals surface area contributed by atoms with Crippen molar-refractivity contribution in [1.82, 2.24) is 10.0 Å². The van der Waals surface area contributed by atoms with E-state index in [-0.39, 0.29) is 6.04 Å². The van der Waals surface area contributed by atoms with Crippen molar-refractivity contribution in [3.8, 4) is 0 Å². The summed E-state index contributed by atoms with van der Waals surface area (Å²) < 4.78 is 24.1. The summed E-state index contributed by atoms with van der Waals surface area (Å²) in [4.78, 5) is 0. The summed E-state index contributed by atoms with van der Waals surface area (Å²) >= 11 is 0. The van der Waals surface area contributed by atoms with E-state index >= 15 is 0 Å². The van der Waals surface area contributed by atoms with Gasteiger partial charge in [0.05, 0.1) is 6.26 Å². The number of hydrogen-bond acceptors (Lipinski definition) is 3. The molecule has 0 saturated carbocycles. The molecule has 0 aromatic heterocycles. The zero-order valence-electron chi connectivity index (χ0n) is 10.5. The molecule has 1 unspecified atom stereocenters. The van der Waals surface area contributed by atoms with Gasteiger partial charge in [-0.05, 0) is 19.4 Å². The molecule has 0 aliphatic heterocycles. The van der Waals surface area contributed by atoms with Gasteiger partial charge in [-0.1, -0.05) is 29.8 Å². The quantitative estimate of drug-likeness (QED) is 0.752. The van der Waals surface area contributed by atoms with Crippen molar-refractivity contribution in [2.75, 3.05) is 19.3 Å². The Morgan fingerprint density at radius 2 is 1.76 bits per heavy atom. The maximum Gasteiger partial charge on any atom is 0.208 e. The Labute approximate surface area is 103 Å². The highest BCUT2D eigenvalue weighted by Crippen LogP contribution is 2.12. The van der Waals surface area contributed by atoms with Crippen LogP contribution in [0.1, 0.15) is 24.1 Å². The third kappa shape index (κ3) is 5.81. The molecular weight excluding hydrogens is 236 g/mol. The highest BCUT2D eigenvalue weighted by atomic mass is 32.2. The Balaban J connectivity index is 2.35. The summed E-state index contributed by atoms with van der Waals surface area (Å²) in [6, 6.07) is 8.52. The minimum atomic E-state index is -3.08. The number of rotatable bonds is 6. The van der Waals surface area contributed by atoms with Gasteiger partial charge in [0, 0.05) is 19.1 Å². The minimum Gasteiger partial charge on any atom is -0.309 e. The first-order chi connectivity index (χ1) is 7.88. The number of hydrogen-bond donors (Lipinski definition) is 2. The Hall–Kier alpha value is -0.910. The Morgan fingerprint density at radius 3 is 2.29 bits per heavy atom. The molecule has 1 atom stereocenters. The lowest BCUT2D eigenvalue weighted by Gasteiger charge is -2.14. The molecule has 0 amide bonds. The molecule has 0 aliphatic carbocycles. The molecule has 0 aliphatic rings. The zero-order valence-corrected chi connectivity index (χ0v) is 11.3. The number of benzene rings is 1. The summed E-state index contributed by atoms with van der Waals surface area (Å²) in [5.41, 5.74) is 2.44. The second kappa shape index (κ2) is 6.14. The van der Waals surface area contributed by atoms with Gasteiger partial charge in [-0.15, -0.1) is 0 Å². The summed E-state index contributed by atoms with van der Waals surface area (Å²) in [6.07, 6.45) is 1.16. The fraction of sp³-hybridized carbons (Fsp3) is 0.500. The monoisotopic (exact) mass is 256 g/mol. The predicted molar refractivity (Wildman–Crippen MR) is 70.4 cm³/mol. The van der Waals surface area contributed by atoms with Crippen LogP contribution in [0.15, 0.2) is 24.3 Å². The molecule has 2 N–H and O–H groups in total. The first-order valence-corrected chi connectivity index (χ1v) is 7.52. The molecular formula is C12H20N2O2S. The lowest BCUT2D eigenvalue weighted by atomic mass is 10.1. The van der Waals surface area contributed by atoms with Crippen LogP contribution in [0, 0.1) is 6.92 Å². The van der Waals surface area contributed by atoms with E-state index in [1.165, 1.54) is 11.1 Å². The molecule has 0 spiro atoms. The van der Waals surface area contributed by atoms with Crippen molar-refractivity contribution in [2.45, 2.75) is 19.9 Å². The second-order valence-corrected chi connectivity index (χ2v) is 6.09. The lowest BCUT2D eigenvalue weighted by molar-refractivity contribution is 0.556. The van der Waals surface area contributed by atoms with Crippen molar-refractivity contribution < 1.29 is 8.42 Å². The third-order valence-corrected chi connectivity index (χ3v) is 3.25. The second-order valence-electron chi connectivity index (χ2n) is 4.25. The van der Waals surface area contributed by atoms with E-state index in [1.807, 2.05) is 0 Å². The van der Waals surface area contributed by atoms with Crippen molar-refractivity contribution >= 4 is 10.0 Å². The van der Waals surface area contributed by atoms with E-state index in [1.54, 1.807) is 0 Å². The summed E-state index contributed by atoms with van der Waals surface area (Å²) in [7, 11) is -3.08. The molecule has 1 aromatic rings. The topological polar surface area (TPSA) is 58.2 Å². The van der Waals surface area contributed by atoms with Crippen LogP contribution in [0.4, 0.5) is 0 Å². The van der Waals surface area contributed by atoms with Crippen LogP contribution in [0.5, 0.6) is 0 Å². The van der Waals surface area contributed by atoms with Crippen molar-refractivity contribution in [3.05, 3.63) is 35.4 Å². The molecule has 1 aromatic carbocycles. The minimum absolute atomic E-state index is 0.219. The van der Waals surface area contributed by atoms with E-state index in [0.717, 1.165) is 6.26 Å². The highest BCUT2D eigenvalue weighted by molar-refractivity contribution is 7.88. The van der Waals surface area contributed by atoms with E-state index in [9.17, 15) is 8.42 Å². The van der Waals surface area contributed by atoms with Crippen LogP contribution in [-0.4, -0.2) is 27.8 Å². The lowest BCUT2D eigenvalue weighted by Crippen LogP contribution is -2.32.